The van der Waals surface area contributed by atoms with Crippen molar-refractivity contribution >= 4 is 27.7 Å². The minimum Gasteiger partial charge on any atom is -0.506 e. The summed E-state index contributed by atoms with van der Waals surface area (Å²) in [7, 11) is 0. The number of aromatic hydroxyl groups is 1. The minimum absolute atomic E-state index is 0.333. The van der Waals surface area contributed by atoms with E-state index in [9.17, 15) is 19.5 Å². The van der Waals surface area contributed by atoms with E-state index in [1.807, 2.05) is 0 Å². The second kappa shape index (κ2) is 8.43. The largest absolute Gasteiger partial charge is 0.506 e. The number of carbonyl (C=O) groups is 1. The van der Waals surface area contributed by atoms with Gasteiger partial charge in [-0.1, -0.05) is 44.0 Å². The highest BCUT2D eigenvalue weighted by Crippen LogP contribution is 2.24. The summed E-state index contributed by atoms with van der Waals surface area (Å²) in [5.74, 6) is -0.936. The molecule has 0 unspecified atom stereocenters. The van der Waals surface area contributed by atoms with Crippen molar-refractivity contribution in [3.63, 3.8) is 0 Å². The molecule has 4 aromatic rings. The van der Waals surface area contributed by atoms with Crippen LogP contribution in [-0.4, -0.2) is 25.7 Å². The first-order valence-electron chi connectivity index (χ1n) is 10.2. The average Bonchev–Trinajstić information content (AvgIpc) is 2.76. The topological polar surface area (TPSA) is 117 Å². The Kier molecular flexibility index (Phi) is 5.53. The lowest BCUT2D eigenvalue weighted by molar-refractivity contribution is 0.100. The highest BCUT2D eigenvalue weighted by molar-refractivity contribution is 6.06. The Balaban J connectivity index is 1.81. The molecule has 2 aromatic carbocycles. The molecule has 2 aromatic heterocycles. The maximum atomic E-state index is 13.1. The van der Waals surface area contributed by atoms with E-state index in [1.54, 1.807) is 48.5 Å². The van der Waals surface area contributed by atoms with Crippen molar-refractivity contribution in [1.82, 2.24) is 14.6 Å². The van der Waals surface area contributed by atoms with Crippen LogP contribution in [-0.2, 0) is 6.42 Å². The normalized spacial score (nSPS) is 11.1. The van der Waals surface area contributed by atoms with Crippen molar-refractivity contribution in [2.75, 3.05) is 5.43 Å². The Labute approximate surface area is 177 Å². The molecule has 0 saturated heterocycles. The van der Waals surface area contributed by atoms with Gasteiger partial charge in [-0.25, -0.2) is 9.66 Å². The number of para-hydroxylation sites is 2. The molecule has 0 bridgehead atoms. The van der Waals surface area contributed by atoms with Crippen LogP contribution in [0.1, 0.15) is 42.4 Å². The van der Waals surface area contributed by atoms with E-state index >= 15 is 0 Å². The predicted octanol–water partition coefficient (Wildman–Crippen LogP) is 3.06. The first-order valence-corrected chi connectivity index (χ1v) is 10.2. The maximum absolute atomic E-state index is 13.1. The fraction of sp³-hybridized carbons (Fsp3) is 0.217. The third kappa shape index (κ3) is 3.79. The lowest BCUT2D eigenvalue weighted by atomic mass is 10.1. The summed E-state index contributed by atoms with van der Waals surface area (Å²) >= 11 is 0. The molecule has 3 N–H and O–H groups in total. The van der Waals surface area contributed by atoms with Crippen LogP contribution in [0, 0.1) is 0 Å². The van der Waals surface area contributed by atoms with Crippen LogP contribution >= 0.6 is 0 Å². The van der Waals surface area contributed by atoms with Crippen molar-refractivity contribution in [1.29, 1.82) is 0 Å². The zero-order chi connectivity index (χ0) is 22.0. The summed E-state index contributed by atoms with van der Waals surface area (Å²) < 4.78 is 1.08. The van der Waals surface area contributed by atoms with E-state index in [1.165, 1.54) is 0 Å². The molecule has 0 aliphatic heterocycles. The number of unbranched alkanes of at least 4 members (excludes halogenated alkanes) is 2. The minimum atomic E-state index is -0.888. The van der Waals surface area contributed by atoms with Gasteiger partial charge in [-0.15, -0.1) is 0 Å². The Hall–Kier alpha value is -3.94. The van der Waals surface area contributed by atoms with Crippen LogP contribution in [0.2, 0.25) is 0 Å². The zero-order valence-corrected chi connectivity index (χ0v) is 17.0. The van der Waals surface area contributed by atoms with Crippen LogP contribution in [0.15, 0.2) is 58.1 Å². The van der Waals surface area contributed by atoms with Gasteiger partial charge in [-0.05, 0) is 30.7 Å². The summed E-state index contributed by atoms with van der Waals surface area (Å²) in [6.45, 7) is 2.07. The smallest absolute Gasteiger partial charge is 0.280 e. The molecular weight excluding hydrogens is 396 g/mol. The van der Waals surface area contributed by atoms with Gasteiger partial charge in [0.05, 0.1) is 16.4 Å². The average molecular weight is 418 g/mol. The highest BCUT2D eigenvalue weighted by atomic mass is 16.3. The molecular formula is C23H22N4O4. The van der Waals surface area contributed by atoms with Gasteiger partial charge in [0.15, 0.2) is 0 Å². The molecule has 0 spiro atoms. The molecule has 0 atom stereocenters. The van der Waals surface area contributed by atoms with Gasteiger partial charge < -0.3 is 10.1 Å². The van der Waals surface area contributed by atoms with Gasteiger partial charge in [0.1, 0.15) is 17.1 Å². The molecule has 2 heterocycles. The number of pyridine rings is 1. The molecule has 31 heavy (non-hydrogen) atoms. The van der Waals surface area contributed by atoms with E-state index in [0.717, 1.165) is 23.9 Å². The second-order valence-corrected chi connectivity index (χ2v) is 7.31. The second-order valence-electron chi connectivity index (χ2n) is 7.31. The van der Waals surface area contributed by atoms with Crippen LogP contribution in [0.5, 0.6) is 5.75 Å². The number of benzene rings is 2. The van der Waals surface area contributed by atoms with E-state index in [2.05, 4.69) is 22.3 Å². The van der Waals surface area contributed by atoms with Gasteiger partial charge in [0.25, 0.3) is 17.0 Å². The van der Waals surface area contributed by atoms with Crippen LogP contribution in [0.4, 0.5) is 0 Å². The Morgan fingerprint density at radius 2 is 1.77 bits per heavy atom. The van der Waals surface area contributed by atoms with Gasteiger partial charge in [0.2, 0.25) is 0 Å². The summed E-state index contributed by atoms with van der Waals surface area (Å²) in [6, 6.07) is 13.5. The lowest BCUT2D eigenvalue weighted by Gasteiger charge is -2.15. The number of hydrogen-bond donors (Lipinski definition) is 3. The van der Waals surface area contributed by atoms with Crippen LogP contribution in [0.25, 0.3) is 21.8 Å². The number of carbonyl (C=O) groups excluding carboxylic acids is 1. The molecule has 8 heteroatoms. The SMILES string of the molecule is CCCCCc1nc2ccccc2c(=O)n1NC(=O)c1c(O)c2ccccc2[nH]c1=O. The number of hydrogen-bond acceptors (Lipinski definition) is 5. The number of aromatic nitrogens is 3. The predicted molar refractivity (Wildman–Crippen MR) is 119 cm³/mol. The Bertz CT molecular complexity index is 1400. The van der Waals surface area contributed by atoms with Crippen LogP contribution < -0.4 is 16.5 Å². The number of aromatic amines is 1. The number of aryl methyl sites for hydroxylation is 1. The Morgan fingerprint density at radius 3 is 2.55 bits per heavy atom. The monoisotopic (exact) mass is 418 g/mol. The van der Waals surface area contributed by atoms with Gasteiger partial charge in [-0.2, -0.15) is 0 Å². The summed E-state index contributed by atoms with van der Waals surface area (Å²) in [4.78, 5) is 45.7. The number of fused-ring (bicyclic) bond motifs is 2. The van der Waals surface area contributed by atoms with Crippen molar-refractivity contribution in [3.05, 3.63) is 80.6 Å². The zero-order valence-electron chi connectivity index (χ0n) is 17.0. The van der Waals surface area contributed by atoms with E-state index in [4.69, 9.17) is 0 Å². The first kappa shape index (κ1) is 20.3. The van der Waals surface area contributed by atoms with Gasteiger partial charge in [-0.3, -0.25) is 19.8 Å². The quantitative estimate of drug-likeness (QED) is 0.416. The van der Waals surface area contributed by atoms with Crippen molar-refractivity contribution in [3.8, 4) is 5.75 Å². The molecule has 4 rings (SSSR count). The first-order chi connectivity index (χ1) is 15.0. The molecule has 0 aliphatic rings. The van der Waals surface area contributed by atoms with E-state index in [0.29, 0.717) is 34.1 Å². The molecule has 1 amide bonds. The fourth-order valence-corrected chi connectivity index (χ4v) is 3.59. The van der Waals surface area contributed by atoms with E-state index < -0.39 is 28.3 Å². The molecule has 158 valence electrons. The Morgan fingerprint density at radius 1 is 1.06 bits per heavy atom. The molecule has 0 saturated carbocycles. The summed E-state index contributed by atoms with van der Waals surface area (Å²) in [5.41, 5.74) is 1.78. The highest BCUT2D eigenvalue weighted by Gasteiger charge is 2.21. The number of rotatable bonds is 6. The van der Waals surface area contributed by atoms with E-state index in [-0.39, 0.29) is 0 Å². The van der Waals surface area contributed by atoms with Crippen molar-refractivity contribution in [2.24, 2.45) is 0 Å². The van der Waals surface area contributed by atoms with Gasteiger partial charge >= 0.3 is 0 Å². The molecule has 0 aliphatic carbocycles. The standard InChI is InChI=1S/C23H22N4O4/c1-2-3-4-13-18-24-17-12-8-6-10-15(17)23(31)27(18)26-22(30)19-20(28)14-9-5-7-11-16(14)25-21(19)29/h5-12H,2-4,13H2,1H3,(H,26,30)(H2,25,28,29). The number of nitrogens with zero attached hydrogens (tertiary/aromatic N) is 2. The molecule has 0 fully saturated rings. The number of amides is 1. The molecule has 0 radical (unpaired) electrons. The van der Waals surface area contributed by atoms with Gasteiger partial charge in [0, 0.05) is 11.8 Å². The number of H-pyrrole nitrogens is 1. The van der Waals surface area contributed by atoms with Crippen LogP contribution in [0.3, 0.4) is 0 Å². The number of nitrogens with one attached hydrogen (secondary N) is 2. The third-order valence-electron chi connectivity index (χ3n) is 5.18. The van der Waals surface area contributed by atoms with Crippen molar-refractivity contribution < 1.29 is 9.90 Å². The maximum Gasteiger partial charge on any atom is 0.280 e. The summed E-state index contributed by atoms with van der Waals surface area (Å²) in [6.07, 6.45) is 3.21. The fourth-order valence-electron chi connectivity index (χ4n) is 3.59. The van der Waals surface area contributed by atoms with Crippen molar-refractivity contribution in [2.45, 2.75) is 32.6 Å². The molecule has 8 nitrogen and oxygen atoms in total. The lowest BCUT2D eigenvalue weighted by Crippen LogP contribution is -2.38. The summed E-state index contributed by atoms with van der Waals surface area (Å²) in [5, 5.41) is 11.3. The third-order valence-corrected chi connectivity index (χ3v) is 5.18.